The summed E-state index contributed by atoms with van der Waals surface area (Å²) in [7, 11) is 1.83. The first-order valence-corrected chi connectivity index (χ1v) is 11.4. The van der Waals surface area contributed by atoms with Crippen molar-refractivity contribution in [1.82, 2.24) is 25.0 Å². The molecule has 1 unspecified atom stereocenters. The van der Waals surface area contributed by atoms with Crippen LogP contribution in [0.15, 0.2) is 30.3 Å². The van der Waals surface area contributed by atoms with E-state index in [2.05, 4.69) is 45.4 Å². The van der Waals surface area contributed by atoms with E-state index < -0.39 is 0 Å². The molecule has 7 heteroatoms. The number of hydrogen-bond donors (Lipinski definition) is 1. The van der Waals surface area contributed by atoms with E-state index >= 15 is 0 Å². The van der Waals surface area contributed by atoms with E-state index in [1.807, 2.05) is 33.0 Å². The molecule has 0 aliphatic carbocycles. The second-order valence-corrected chi connectivity index (χ2v) is 8.86. The minimum Gasteiger partial charge on any atom is -0.466 e. The summed E-state index contributed by atoms with van der Waals surface area (Å²) in [4.78, 5) is 19.6. The highest BCUT2D eigenvalue weighted by molar-refractivity contribution is 5.85. The van der Waals surface area contributed by atoms with Crippen LogP contribution in [-0.4, -0.2) is 44.8 Å². The van der Waals surface area contributed by atoms with E-state index in [9.17, 15) is 4.79 Å². The van der Waals surface area contributed by atoms with E-state index in [4.69, 9.17) is 4.74 Å². The molecule has 7 nitrogen and oxygen atoms in total. The molecule has 1 aliphatic rings. The van der Waals surface area contributed by atoms with Crippen molar-refractivity contribution in [1.29, 1.82) is 0 Å². The van der Waals surface area contributed by atoms with Crippen LogP contribution >= 0.6 is 0 Å². The monoisotopic (exact) mass is 435 g/mol. The van der Waals surface area contributed by atoms with Crippen LogP contribution in [0.5, 0.6) is 5.88 Å². The van der Waals surface area contributed by atoms with Gasteiger partial charge < -0.3 is 10.1 Å². The molecular formula is C25H33N5O2. The topological polar surface area (TPSA) is 72.3 Å². The van der Waals surface area contributed by atoms with Crippen molar-refractivity contribution in [3.05, 3.63) is 52.7 Å². The number of aromatic nitrogens is 3. The first-order valence-electron chi connectivity index (χ1n) is 11.4. The lowest BCUT2D eigenvalue weighted by Gasteiger charge is -2.33. The second kappa shape index (κ2) is 9.69. The molecule has 1 atom stereocenters. The number of carbonyl (C=O) groups excluding carboxylic acids is 1. The highest BCUT2D eigenvalue weighted by Gasteiger charge is 2.19. The minimum atomic E-state index is -0.164. The Hall–Kier alpha value is -2.93. The Morgan fingerprint density at radius 2 is 2.00 bits per heavy atom. The average molecular weight is 436 g/mol. The molecule has 1 aliphatic heterocycles. The third kappa shape index (κ3) is 4.93. The Labute approximate surface area is 189 Å². The maximum atomic E-state index is 12.5. The van der Waals surface area contributed by atoms with Gasteiger partial charge >= 0.3 is 0 Å². The van der Waals surface area contributed by atoms with Gasteiger partial charge in [0.25, 0.3) is 5.91 Å². The quantitative estimate of drug-likeness (QED) is 0.613. The lowest BCUT2D eigenvalue weighted by molar-refractivity contribution is -0.123. The van der Waals surface area contributed by atoms with E-state index in [0.29, 0.717) is 18.5 Å². The second-order valence-electron chi connectivity index (χ2n) is 8.86. The van der Waals surface area contributed by atoms with Gasteiger partial charge in [0, 0.05) is 31.9 Å². The van der Waals surface area contributed by atoms with Crippen molar-refractivity contribution in [2.45, 2.75) is 59.2 Å². The fraction of sp³-hybridized carbons (Fsp3) is 0.480. The van der Waals surface area contributed by atoms with Gasteiger partial charge in [-0.2, -0.15) is 0 Å². The molecular weight excluding hydrogens is 402 g/mol. The average Bonchev–Trinajstić information content (AvgIpc) is 3.09. The van der Waals surface area contributed by atoms with Crippen LogP contribution in [0.1, 0.15) is 48.6 Å². The number of fused-ring (bicyclic) bond motifs is 1. The molecule has 0 spiro atoms. The number of pyridine rings is 1. The Morgan fingerprint density at radius 3 is 2.78 bits per heavy atom. The molecule has 1 N–H and O–H groups in total. The van der Waals surface area contributed by atoms with Gasteiger partial charge in [0.1, 0.15) is 0 Å². The molecule has 3 aromatic rings. The zero-order valence-corrected chi connectivity index (χ0v) is 19.5. The molecule has 2 aromatic heterocycles. The normalized spacial score (nSPS) is 16.9. The minimum absolute atomic E-state index is 0.0786. The van der Waals surface area contributed by atoms with Gasteiger partial charge in [0.05, 0.1) is 5.39 Å². The number of nitrogens with one attached hydrogen (secondary N) is 1. The van der Waals surface area contributed by atoms with Gasteiger partial charge in [-0.05, 0) is 62.9 Å². The smallest absolute Gasteiger partial charge is 0.258 e. The van der Waals surface area contributed by atoms with E-state index in [1.165, 1.54) is 24.8 Å². The number of benzene rings is 1. The number of rotatable bonds is 7. The number of carbonyl (C=O) groups is 1. The molecule has 4 rings (SSSR count). The van der Waals surface area contributed by atoms with Crippen molar-refractivity contribution in [2.24, 2.45) is 7.05 Å². The van der Waals surface area contributed by atoms with Crippen LogP contribution in [0.2, 0.25) is 0 Å². The summed E-state index contributed by atoms with van der Waals surface area (Å²) in [6.07, 6.45) is 3.83. The highest BCUT2D eigenvalue weighted by atomic mass is 16.5. The van der Waals surface area contributed by atoms with Crippen LogP contribution in [0.25, 0.3) is 11.0 Å². The van der Waals surface area contributed by atoms with Crippen molar-refractivity contribution >= 4 is 16.9 Å². The molecule has 0 radical (unpaired) electrons. The SMILES string of the molecule is Cc1cc(C)c2c(OCC(=O)NCc3ccccc3CN3CCCCC3C)nn(C)c2n1. The van der Waals surface area contributed by atoms with E-state index in [1.54, 1.807) is 4.68 Å². The fourth-order valence-electron chi connectivity index (χ4n) is 4.52. The third-order valence-electron chi connectivity index (χ3n) is 6.34. The van der Waals surface area contributed by atoms with Gasteiger partial charge in [-0.1, -0.05) is 30.7 Å². The number of likely N-dealkylation sites (tertiary alicyclic amines) is 1. The summed E-state index contributed by atoms with van der Waals surface area (Å²) in [6.45, 7) is 8.74. The van der Waals surface area contributed by atoms with Gasteiger partial charge in [-0.15, -0.1) is 5.10 Å². The van der Waals surface area contributed by atoms with Crippen LogP contribution in [0.4, 0.5) is 0 Å². The fourth-order valence-corrected chi connectivity index (χ4v) is 4.52. The summed E-state index contributed by atoms with van der Waals surface area (Å²) < 4.78 is 7.48. The molecule has 32 heavy (non-hydrogen) atoms. The highest BCUT2D eigenvalue weighted by Crippen LogP contribution is 2.27. The number of hydrogen-bond acceptors (Lipinski definition) is 5. The van der Waals surface area contributed by atoms with Gasteiger partial charge in [0.2, 0.25) is 5.88 Å². The van der Waals surface area contributed by atoms with Gasteiger partial charge in [0.15, 0.2) is 12.3 Å². The lowest BCUT2D eigenvalue weighted by atomic mass is 10.0. The summed E-state index contributed by atoms with van der Waals surface area (Å²) >= 11 is 0. The Bertz CT molecular complexity index is 1110. The predicted molar refractivity (Wildman–Crippen MR) is 125 cm³/mol. The first kappa shape index (κ1) is 22.3. The maximum Gasteiger partial charge on any atom is 0.258 e. The Balaban J connectivity index is 1.37. The number of amides is 1. The number of nitrogens with zero attached hydrogens (tertiary/aromatic N) is 4. The molecule has 3 heterocycles. The van der Waals surface area contributed by atoms with Crippen molar-refractivity contribution in [3.8, 4) is 5.88 Å². The van der Waals surface area contributed by atoms with Crippen LogP contribution in [-0.2, 0) is 24.9 Å². The molecule has 170 valence electrons. The molecule has 1 saturated heterocycles. The largest absolute Gasteiger partial charge is 0.466 e. The molecule has 1 amide bonds. The zero-order chi connectivity index (χ0) is 22.7. The molecule has 1 fully saturated rings. The number of aryl methyl sites for hydroxylation is 3. The summed E-state index contributed by atoms with van der Waals surface area (Å²) in [5, 5.41) is 8.27. The predicted octanol–water partition coefficient (Wildman–Crippen LogP) is 3.65. The van der Waals surface area contributed by atoms with Gasteiger partial charge in [-0.25, -0.2) is 9.67 Å². The van der Waals surface area contributed by atoms with Crippen molar-refractivity contribution < 1.29 is 9.53 Å². The van der Waals surface area contributed by atoms with E-state index in [-0.39, 0.29) is 12.5 Å². The summed E-state index contributed by atoms with van der Waals surface area (Å²) in [6, 6.07) is 11.0. The van der Waals surface area contributed by atoms with Crippen LogP contribution < -0.4 is 10.1 Å². The molecule has 0 bridgehead atoms. The Morgan fingerprint density at radius 1 is 1.22 bits per heavy atom. The molecule has 1 aromatic carbocycles. The van der Waals surface area contributed by atoms with Crippen molar-refractivity contribution in [2.75, 3.05) is 13.2 Å². The summed E-state index contributed by atoms with van der Waals surface area (Å²) in [5.41, 5.74) is 5.16. The number of piperidine rings is 1. The first-order chi connectivity index (χ1) is 15.4. The van der Waals surface area contributed by atoms with E-state index in [0.717, 1.165) is 40.9 Å². The van der Waals surface area contributed by atoms with Crippen molar-refractivity contribution in [3.63, 3.8) is 0 Å². The van der Waals surface area contributed by atoms with Crippen LogP contribution in [0.3, 0.4) is 0 Å². The summed E-state index contributed by atoms with van der Waals surface area (Å²) in [5.74, 6) is 0.282. The zero-order valence-electron chi connectivity index (χ0n) is 19.5. The third-order valence-corrected chi connectivity index (χ3v) is 6.34. The number of ether oxygens (including phenoxy) is 1. The standard InChI is InChI=1S/C25H33N5O2/c1-17-13-18(2)27-24-23(17)25(28-29(24)4)32-16-22(31)26-14-20-10-5-6-11-21(20)15-30-12-8-7-9-19(30)3/h5-6,10-11,13,19H,7-9,12,14-16H2,1-4H3,(H,26,31). The lowest BCUT2D eigenvalue weighted by Crippen LogP contribution is -2.37. The van der Waals surface area contributed by atoms with Crippen LogP contribution in [0, 0.1) is 13.8 Å². The molecule has 0 saturated carbocycles. The Kier molecular flexibility index (Phi) is 6.74. The maximum absolute atomic E-state index is 12.5. The van der Waals surface area contributed by atoms with Gasteiger partial charge in [-0.3, -0.25) is 9.69 Å².